The molecule has 3 heteroatoms. The highest BCUT2D eigenvalue weighted by Crippen LogP contribution is 2.24. The van der Waals surface area contributed by atoms with Crippen LogP contribution < -0.4 is 10.1 Å². The zero-order chi connectivity index (χ0) is 20.0. The molecule has 28 heavy (non-hydrogen) atoms. The van der Waals surface area contributed by atoms with Gasteiger partial charge in [0.2, 0.25) is 5.91 Å². The first-order valence-corrected chi connectivity index (χ1v) is 9.62. The van der Waals surface area contributed by atoms with Crippen LogP contribution in [0.4, 0.5) is 5.69 Å². The van der Waals surface area contributed by atoms with E-state index in [9.17, 15) is 4.79 Å². The maximum absolute atomic E-state index is 12.3. The van der Waals surface area contributed by atoms with Crippen molar-refractivity contribution in [2.45, 2.75) is 39.0 Å². The van der Waals surface area contributed by atoms with E-state index in [1.807, 2.05) is 54.6 Å². The minimum Gasteiger partial charge on any atom is -0.457 e. The molecule has 1 amide bonds. The van der Waals surface area contributed by atoms with E-state index in [1.54, 1.807) is 0 Å². The molecular weight excluding hydrogens is 346 g/mol. The molecule has 0 heterocycles. The standard InChI is InChI=1S/C25H27NO2/c1-25(2,3)20-15-12-19(13-16-20)14-17-24(27)26-21-8-7-11-23(18-21)28-22-9-5-4-6-10-22/h4-13,15-16,18H,14,17H2,1-3H3,(H,26,27). The summed E-state index contributed by atoms with van der Waals surface area (Å²) < 4.78 is 5.82. The molecule has 0 aliphatic rings. The van der Waals surface area contributed by atoms with Crippen LogP contribution in [-0.2, 0) is 16.6 Å². The van der Waals surface area contributed by atoms with Gasteiger partial charge in [0.05, 0.1) is 0 Å². The molecule has 3 aromatic carbocycles. The van der Waals surface area contributed by atoms with Crippen molar-refractivity contribution in [3.63, 3.8) is 0 Å². The van der Waals surface area contributed by atoms with Crippen molar-refractivity contribution in [1.29, 1.82) is 0 Å². The number of anilines is 1. The Bertz CT molecular complexity index is 909. The first-order chi connectivity index (χ1) is 13.4. The smallest absolute Gasteiger partial charge is 0.224 e. The molecule has 0 radical (unpaired) electrons. The van der Waals surface area contributed by atoms with Crippen LogP contribution in [0.1, 0.15) is 38.3 Å². The Balaban J connectivity index is 1.54. The molecule has 0 spiro atoms. The second kappa shape index (κ2) is 8.75. The first kappa shape index (κ1) is 19.7. The highest BCUT2D eigenvalue weighted by molar-refractivity contribution is 5.91. The van der Waals surface area contributed by atoms with Gasteiger partial charge in [0.25, 0.3) is 0 Å². The normalized spacial score (nSPS) is 11.1. The minimum absolute atomic E-state index is 0.00300. The second-order valence-electron chi connectivity index (χ2n) is 7.94. The van der Waals surface area contributed by atoms with Crippen LogP contribution in [0.2, 0.25) is 0 Å². The zero-order valence-electron chi connectivity index (χ0n) is 16.7. The summed E-state index contributed by atoms with van der Waals surface area (Å²) in [7, 11) is 0. The lowest BCUT2D eigenvalue weighted by atomic mass is 9.86. The van der Waals surface area contributed by atoms with Gasteiger partial charge < -0.3 is 10.1 Å². The minimum atomic E-state index is -0.00300. The van der Waals surface area contributed by atoms with Crippen molar-refractivity contribution in [2.24, 2.45) is 0 Å². The quantitative estimate of drug-likeness (QED) is 0.547. The lowest BCUT2D eigenvalue weighted by molar-refractivity contribution is -0.116. The van der Waals surface area contributed by atoms with Crippen molar-refractivity contribution in [3.05, 3.63) is 90.0 Å². The molecule has 0 saturated carbocycles. The third-order valence-corrected chi connectivity index (χ3v) is 4.56. The van der Waals surface area contributed by atoms with Crippen molar-refractivity contribution >= 4 is 11.6 Å². The first-order valence-electron chi connectivity index (χ1n) is 9.62. The summed E-state index contributed by atoms with van der Waals surface area (Å²) in [4.78, 5) is 12.3. The predicted molar refractivity (Wildman–Crippen MR) is 115 cm³/mol. The number of carbonyl (C=O) groups is 1. The highest BCUT2D eigenvalue weighted by atomic mass is 16.5. The number of rotatable bonds is 6. The molecule has 1 N–H and O–H groups in total. The molecule has 144 valence electrons. The maximum atomic E-state index is 12.3. The highest BCUT2D eigenvalue weighted by Gasteiger charge is 2.13. The van der Waals surface area contributed by atoms with Gasteiger partial charge in [-0.2, -0.15) is 0 Å². The van der Waals surface area contributed by atoms with E-state index in [0.717, 1.165) is 17.9 Å². The molecule has 3 aromatic rings. The molecule has 0 fully saturated rings. The van der Waals surface area contributed by atoms with E-state index >= 15 is 0 Å². The number of hydrogen-bond donors (Lipinski definition) is 1. The number of aryl methyl sites for hydroxylation is 1. The molecule has 3 nitrogen and oxygen atoms in total. The van der Waals surface area contributed by atoms with E-state index in [0.29, 0.717) is 12.2 Å². The maximum Gasteiger partial charge on any atom is 0.224 e. The lowest BCUT2D eigenvalue weighted by Crippen LogP contribution is -2.13. The van der Waals surface area contributed by atoms with Gasteiger partial charge in [-0.15, -0.1) is 0 Å². The van der Waals surface area contributed by atoms with E-state index < -0.39 is 0 Å². The third kappa shape index (κ3) is 5.71. The lowest BCUT2D eigenvalue weighted by Gasteiger charge is -2.19. The Morgan fingerprint density at radius 3 is 2.21 bits per heavy atom. The average Bonchev–Trinajstić information content (AvgIpc) is 2.67. The number of nitrogens with one attached hydrogen (secondary N) is 1. The molecule has 0 aliphatic heterocycles. The Labute approximate surface area is 167 Å². The van der Waals surface area contributed by atoms with Crippen molar-refractivity contribution < 1.29 is 9.53 Å². The summed E-state index contributed by atoms with van der Waals surface area (Å²) in [5.41, 5.74) is 3.35. The van der Waals surface area contributed by atoms with Crippen molar-refractivity contribution in [2.75, 3.05) is 5.32 Å². The second-order valence-corrected chi connectivity index (χ2v) is 7.94. The molecule has 0 aliphatic carbocycles. The summed E-state index contributed by atoms with van der Waals surface area (Å²) in [5.74, 6) is 1.46. The fraction of sp³-hybridized carbons (Fsp3) is 0.240. The molecule has 3 rings (SSSR count). The van der Waals surface area contributed by atoms with E-state index in [2.05, 4.69) is 50.4 Å². The molecule has 0 saturated heterocycles. The Morgan fingerprint density at radius 1 is 0.857 bits per heavy atom. The van der Waals surface area contributed by atoms with Crippen LogP contribution in [-0.4, -0.2) is 5.91 Å². The van der Waals surface area contributed by atoms with E-state index in [-0.39, 0.29) is 11.3 Å². The van der Waals surface area contributed by atoms with Crippen LogP contribution >= 0.6 is 0 Å². The summed E-state index contributed by atoms with van der Waals surface area (Å²) in [6, 6.07) is 25.6. The van der Waals surface area contributed by atoms with Crippen LogP contribution in [0.25, 0.3) is 0 Å². The van der Waals surface area contributed by atoms with Gasteiger partial charge in [0.15, 0.2) is 0 Å². The Kier molecular flexibility index (Phi) is 6.15. The summed E-state index contributed by atoms with van der Waals surface area (Å²) in [6.07, 6.45) is 1.16. The molecule has 0 bridgehead atoms. The van der Waals surface area contributed by atoms with Gasteiger partial charge >= 0.3 is 0 Å². The van der Waals surface area contributed by atoms with Crippen molar-refractivity contribution in [3.8, 4) is 11.5 Å². The summed E-state index contributed by atoms with van der Waals surface area (Å²) >= 11 is 0. The number of para-hydroxylation sites is 1. The fourth-order valence-electron chi connectivity index (χ4n) is 2.91. The Hall–Kier alpha value is -3.07. The number of hydrogen-bond acceptors (Lipinski definition) is 2. The van der Waals surface area contributed by atoms with Gasteiger partial charge in [-0.05, 0) is 47.2 Å². The van der Waals surface area contributed by atoms with Gasteiger partial charge in [-0.1, -0.05) is 69.3 Å². The Morgan fingerprint density at radius 2 is 1.54 bits per heavy atom. The molecule has 0 aromatic heterocycles. The number of benzene rings is 3. The van der Waals surface area contributed by atoms with Gasteiger partial charge in [0, 0.05) is 18.2 Å². The topological polar surface area (TPSA) is 38.3 Å². The van der Waals surface area contributed by atoms with Crippen molar-refractivity contribution in [1.82, 2.24) is 0 Å². The van der Waals surface area contributed by atoms with Crippen LogP contribution in [0, 0.1) is 0 Å². The predicted octanol–water partition coefficient (Wildman–Crippen LogP) is 6.35. The van der Waals surface area contributed by atoms with E-state index in [1.165, 1.54) is 11.1 Å². The van der Waals surface area contributed by atoms with Gasteiger partial charge in [0.1, 0.15) is 11.5 Å². The van der Waals surface area contributed by atoms with Gasteiger partial charge in [-0.25, -0.2) is 0 Å². The number of amides is 1. The third-order valence-electron chi connectivity index (χ3n) is 4.56. The average molecular weight is 373 g/mol. The molecule has 0 atom stereocenters. The SMILES string of the molecule is CC(C)(C)c1ccc(CCC(=O)Nc2cccc(Oc3ccccc3)c2)cc1. The monoisotopic (exact) mass is 373 g/mol. The largest absolute Gasteiger partial charge is 0.457 e. The molecular formula is C25H27NO2. The van der Waals surface area contributed by atoms with Crippen LogP contribution in [0.5, 0.6) is 11.5 Å². The number of carbonyl (C=O) groups excluding carboxylic acids is 1. The molecule has 0 unspecified atom stereocenters. The van der Waals surface area contributed by atoms with Gasteiger partial charge in [-0.3, -0.25) is 4.79 Å². The van der Waals surface area contributed by atoms with Crippen LogP contribution in [0.3, 0.4) is 0 Å². The van der Waals surface area contributed by atoms with Crippen LogP contribution in [0.15, 0.2) is 78.9 Å². The number of ether oxygens (including phenoxy) is 1. The summed E-state index contributed by atoms with van der Waals surface area (Å²) in [5, 5.41) is 2.96. The summed E-state index contributed by atoms with van der Waals surface area (Å²) in [6.45, 7) is 6.60. The zero-order valence-corrected chi connectivity index (χ0v) is 16.7. The van der Waals surface area contributed by atoms with E-state index in [4.69, 9.17) is 4.74 Å². The fourth-order valence-corrected chi connectivity index (χ4v) is 2.91.